The fourth-order valence-corrected chi connectivity index (χ4v) is 9.80. The number of rotatable bonds is 8. The molecule has 7 fully saturated rings. The van der Waals surface area contributed by atoms with Crippen LogP contribution in [0.15, 0.2) is 30.3 Å². The zero-order valence-corrected chi connectivity index (χ0v) is 21.8. The first kappa shape index (κ1) is 23.9. The molecule has 4 amide bonds. The Morgan fingerprint density at radius 3 is 2.47 bits per heavy atom. The fraction of sp³-hybridized carbons (Fsp3) is 0.643. The van der Waals surface area contributed by atoms with E-state index in [4.69, 9.17) is 4.74 Å². The highest BCUT2D eigenvalue weighted by Crippen LogP contribution is 2.88. The largest absolute Gasteiger partial charge is 0.445 e. The molecule has 0 spiro atoms. The lowest BCUT2D eigenvalue weighted by Gasteiger charge is -2.63. The molecule has 8 rings (SSSR count). The molecule has 1 aromatic rings. The van der Waals surface area contributed by atoms with Crippen molar-refractivity contribution in [3.05, 3.63) is 35.9 Å². The summed E-state index contributed by atoms with van der Waals surface area (Å²) in [6.07, 6.45) is 0.415. The van der Waals surface area contributed by atoms with Gasteiger partial charge in [0, 0.05) is 36.8 Å². The average Bonchev–Trinajstić information content (AvgIpc) is 3.42. The Balaban J connectivity index is 1.01. The molecule has 38 heavy (non-hydrogen) atoms. The van der Waals surface area contributed by atoms with E-state index in [0.29, 0.717) is 23.7 Å². The molecule has 10 unspecified atom stereocenters. The Labute approximate surface area is 221 Å². The summed E-state index contributed by atoms with van der Waals surface area (Å²) in [7, 11) is 1.49. The van der Waals surface area contributed by atoms with Gasteiger partial charge in [-0.25, -0.2) is 4.79 Å². The molecule has 2 aliphatic heterocycles. The number of benzene rings is 1. The topological polar surface area (TPSA) is 128 Å². The third-order valence-electron chi connectivity index (χ3n) is 10.7. The van der Waals surface area contributed by atoms with E-state index < -0.39 is 17.4 Å². The first-order valence-corrected chi connectivity index (χ1v) is 13.7. The third-order valence-corrected chi connectivity index (χ3v) is 10.7. The molecule has 1 aromatic carbocycles. The summed E-state index contributed by atoms with van der Waals surface area (Å²) in [4.78, 5) is 54.8. The minimum absolute atomic E-state index is 0.0536. The van der Waals surface area contributed by atoms with E-state index in [1.807, 2.05) is 44.2 Å². The molecule has 2 heterocycles. The van der Waals surface area contributed by atoms with Gasteiger partial charge in [-0.1, -0.05) is 30.3 Å². The maximum Gasteiger partial charge on any atom is 0.410 e. The Kier molecular flexibility index (Phi) is 4.86. The van der Waals surface area contributed by atoms with Gasteiger partial charge in [-0.05, 0) is 49.5 Å². The normalized spacial score (nSPS) is 41.3. The molecule has 7 aliphatic rings. The number of fused-ring (bicyclic) bond motifs is 1. The first-order chi connectivity index (χ1) is 18.1. The number of ether oxygens (including phenoxy) is 1. The number of hydrogen-bond acceptors (Lipinski definition) is 6. The van der Waals surface area contributed by atoms with Crippen LogP contribution in [-0.4, -0.2) is 76.2 Å². The molecular weight excluding hydrogens is 488 g/mol. The molecule has 0 aromatic heterocycles. The Morgan fingerprint density at radius 1 is 1.08 bits per heavy atom. The Bertz CT molecular complexity index is 1240. The second-order valence-corrected chi connectivity index (χ2v) is 12.5. The van der Waals surface area contributed by atoms with Gasteiger partial charge < -0.3 is 30.3 Å². The number of carbonyl (C=O) groups is 4. The zero-order chi connectivity index (χ0) is 26.7. The molecule has 5 aliphatic carbocycles. The number of aliphatic hydroxyl groups is 1. The lowest BCUT2D eigenvalue weighted by molar-refractivity contribution is -0.214. The molecule has 4 bridgehead atoms. The predicted octanol–water partition coefficient (Wildman–Crippen LogP) is 0.553. The molecule has 5 saturated carbocycles. The van der Waals surface area contributed by atoms with Crippen LogP contribution in [0, 0.1) is 47.3 Å². The summed E-state index contributed by atoms with van der Waals surface area (Å²) in [5.41, 5.74) is -1.26. The minimum atomic E-state index is -1.28. The van der Waals surface area contributed by atoms with Gasteiger partial charge in [-0.3, -0.25) is 14.4 Å². The van der Waals surface area contributed by atoms with E-state index in [2.05, 4.69) is 10.6 Å². The smallest absolute Gasteiger partial charge is 0.410 e. The number of carbonyl (C=O) groups excluding carboxylic acids is 4. The van der Waals surface area contributed by atoms with Crippen LogP contribution in [0.3, 0.4) is 0 Å². The molecular formula is C28H34N4O6. The molecule has 10 atom stereocenters. The van der Waals surface area contributed by atoms with Gasteiger partial charge in [0.15, 0.2) is 0 Å². The van der Waals surface area contributed by atoms with Crippen LogP contribution in [0.2, 0.25) is 0 Å². The van der Waals surface area contributed by atoms with Crippen molar-refractivity contribution in [2.75, 3.05) is 20.1 Å². The second-order valence-electron chi connectivity index (χ2n) is 12.5. The minimum Gasteiger partial charge on any atom is -0.445 e. The van der Waals surface area contributed by atoms with E-state index in [9.17, 15) is 24.3 Å². The van der Waals surface area contributed by atoms with Crippen molar-refractivity contribution < 1.29 is 29.0 Å². The van der Waals surface area contributed by atoms with E-state index in [0.717, 1.165) is 12.0 Å². The number of amides is 4. The summed E-state index contributed by atoms with van der Waals surface area (Å²) in [6, 6.07) is 9.01. The number of likely N-dealkylation sites (N-methyl/N-ethyl adjacent to an activating group) is 1. The van der Waals surface area contributed by atoms with Crippen LogP contribution in [0.1, 0.15) is 25.8 Å². The highest BCUT2D eigenvalue weighted by molar-refractivity contribution is 5.93. The van der Waals surface area contributed by atoms with Gasteiger partial charge in [-0.2, -0.15) is 0 Å². The predicted molar refractivity (Wildman–Crippen MR) is 133 cm³/mol. The summed E-state index contributed by atoms with van der Waals surface area (Å²) >= 11 is 0. The summed E-state index contributed by atoms with van der Waals surface area (Å²) in [5, 5.41) is 17.7. The van der Waals surface area contributed by atoms with Gasteiger partial charge in [0.2, 0.25) is 11.8 Å². The lowest BCUT2D eigenvalue weighted by Crippen LogP contribution is -2.84. The highest BCUT2D eigenvalue weighted by Gasteiger charge is 2.95. The van der Waals surface area contributed by atoms with E-state index >= 15 is 0 Å². The maximum absolute atomic E-state index is 13.4. The van der Waals surface area contributed by atoms with Crippen LogP contribution in [-0.2, 0) is 25.7 Å². The van der Waals surface area contributed by atoms with Gasteiger partial charge >= 0.3 is 6.09 Å². The van der Waals surface area contributed by atoms with E-state index in [1.165, 1.54) is 16.8 Å². The van der Waals surface area contributed by atoms with Crippen LogP contribution >= 0.6 is 0 Å². The molecule has 3 N–H and O–H groups in total. The summed E-state index contributed by atoms with van der Waals surface area (Å²) < 4.78 is 5.31. The van der Waals surface area contributed by atoms with Crippen molar-refractivity contribution in [2.45, 2.75) is 44.2 Å². The number of hydrogen-bond donors (Lipinski definition) is 3. The van der Waals surface area contributed by atoms with Crippen LogP contribution < -0.4 is 10.6 Å². The summed E-state index contributed by atoms with van der Waals surface area (Å²) in [5.74, 6) is 0.606. The van der Waals surface area contributed by atoms with Crippen molar-refractivity contribution in [1.82, 2.24) is 20.4 Å². The standard InChI is InChI=1S/C28H34N4O6/c1-13(2)32(18(34)11-31(3)26(36)38-12-14-7-5-4-6-8-14)10-17(33)29-28-22-16-9-15-19-20(16)24(28)23(19)27(37,21(15)22)25(35)30-28/h4-8,13,15-16,19-24,37H,9-12H2,1-3H3,(H,29,33)(H,30,35). The van der Waals surface area contributed by atoms with E-state index in [-0.39, 0.29) is 67.1 Å². The third kappa shape index (κ3) is 2.76. The quantitative estimate of drug-likeness (QED) is 0.458. The number of nitrogens with zero attached hydrogens (tertiary/aromatic N) is 2. The van der Waals surface area contributed by atoms with Crippen molar-refractivity contribution in [3.8, 4) is 0 Å². The van der Waals surface area contributed by atoms with Crippen LogP contribution in [0.25, 0.3) is 0 Å². The molecule has 202 valence electrons. The highest BCUT2D eigenvalue weighted by atomic mass is 16.6. The zero-order valence-electron chi connectivity index (χ0n) is 21.8. The van der Waals surface area contributed by atoms with Gasteiger partial charge in [-0.15, -0.1) is 0 Å². The molecule has 0 radical (unpaired) electrons. The number of nitrogens with one attached hydrogen (secondary N) is 2. The van der Waals surface area contributed by atoms with E-state index in [1.54, 1.807) is 0 Å². The van der Waals surface area contributed by atoms with Crippen LogP contribution in [0.5, 0.6) is 0 Å². The second kappa shape index (κ2) is 7.71. The SMILES string of the molecule is CC(C)N(CC(=O)NC12NC(=O)C3(O)C4C5CC(C6C5C3C61)C42)C(=O)CN(C)C(=O)OCc1ccccc1. The maximum atomic E-state index is 13.4. The average molecular weight is 523 g/mol. The molecule has 10 nitrogen and oxygen atoms in total. The van der Waals surface area contributed by atoms with Crippen molar-refractivity contribution in [3.63, 3.8) is 0 Å². The lowest BCUT2D eigenvalue weighted by atomic mass is 9.50. The number of piperidine rings is 2. The van der Waals surface area contributed by atoms with Crippen LogP contribution in [0.4, 0.5) is 4.79 Å². The Morgan fingerprint density at radius 2 is 1.76 bits per heavy atom. The monoisotopic (exact) mass is 522 g/mol. The molecule has 2 saturated heterocycles. The summed E-state index contributed by atoms with van der Waals surface area (Å²) in [6.45, 7) is 3.34. The van der Waals surface area contributed by atoms with Gasteiger partial charge in [0.1, 0.15) is 24.4 Å². The van der Waals surface area contributed by atoms with Gasteiger partial charge in [0.05, 0.1) is 6.54 Å². The van der Waals surface area contributed by atoms with Crippen molar-refractivity contribution in [1.29, 1.82) is 0 Å². The Hall–Kier alpha value is -3.14. The first-order valence-electron chi connectivity index (χ1n) is 13.7. The van der Waals surface area contributed by atoms with Gasteiger partial charge in [0.25, 0.3) is 5.91 Å². The fourth-order valence-electron chi connectivity index (χ4n) is 9.80. The van der Waals surface area contributed by atoms with Crippen molar-refractivity contribution in [2.24, 2.45) is 47.3 Å². The van der Waals surface area contributed by atoms with Crippen molar-refractivity contribution >= 4 is 23.8 Å². The molecule has 10 heteroatoms.